The van der Waals surface area contributed by atoms with Crippen molar-refractivity contribution >= 4 is 17.4 Å². The van der Waals surface area contributed by atoms with Crippen molar-refractivity contribution in [2.24, 2.45) is 11.1 Å². The maximum absolute atomic E-state index is 13.6. The molecule has 4 aliphatic rings. The molecule has 3 fully saturated rings. The normalized spacial score (nSPS) is 21.9. The van der Waals surface area contributed by atoms with Crippen LogP contribution in [0.1, 0.15) is 63.0 Å². The number of halogens is 2. The Labute approximate surface area is 218 Å². The number of hydrogen-bond donors (Lipinski definition) is 0. The summed E-state index contributed by atoms with van der Waals surface area (Å²) in [6, 6.07) is 8.91. The van der Waals surface area contributed by atoms with E-state index in [4.69, 9.17) is 21.2 Å². The number of rotatable bonds is 6. The van der Waals surface area contributed by atoms with E-state index < -0.39 is 0 Å². The van der Waals surface area contributed by atoms with Gasteiger partial charge in [0.15, 0.2) is 5.60 Å². The third kappa shape index (κ3) is 4.58. The van der Waals surface area contributed by atoms with E-state index in [9.17, 15) is 4.39 Å². The van der Waals surface area contributed by atoms with Crippen molar-refractivity contribution in [3.8, 4) is 16.9 Å². The van der Waals surface area contributed by atoms with Crippen LogP contribution in [0.3, 0.4) is 0 Å². The average molecular weight is 512 g/mol. The van der Waals surface area contributed by atoms with Gasteiger partial charge in [-0.2, -0.15) is 0 Å². The van der Waals surface area contributed by atoms with Gasteiger partial charge in [0.05, 0.1) is 18.1 Å². The molecule has 1 aliphatic carbocycles. The number of ether oxygens (including phenoxy) is 1. The van der Waals surface area contributed by atoms with Crippen LogP contribution in [-0.4, -0.2) is 54.0 Å². The van der Waals surface area contributed by atoms with Crippen molar-refractivity contribution in [3.63, 3.8) is 0 Å². The van der Waals surface area contributed by atoms with Gasteiger partial charge < -0.3 is 14.5 Å². The van der Waals surface area contributed by atoms with Gasteiger partial charge >= 0.3 is 0 Å². The summed E-state index contributed by atoms with van der Waals surface area (Å²) < 4.78 is 19.7. The Balaban J connectivity index is 1.19. The maximum atomic E-state index is 13.6. The molecular formula is C29H35ClFN3O2. The molecule has 0 aromatic heterocycles. The van der Waals surface area contributed by atoms with Crippen LogP contribution < -0.4 is 4.74 Å². The first-order valence-corrected chi connectivity index (χ1v) is 13.8. The quantitative estimate of drug-likeness (QED) is 0.447. The Morgan fingerprint density at radius 1 is 1.14 bits per heavy atom. The smallest absolute Gasteiger partial charge is 0.170 e. The Bertz CT molecular complexity index is 1150. The van der Waals surface area contributed by atoms with Crippen molar-refractivity contribution in [1.29, 1.82) is 0 Å². The first-order valence-electron chi connectivity index (χ1n) is 13.4. The van der Waals surface area contributed by atoms with Crippen LogP contribution >= 0.6 is 11.6 Å². The molecule has 1 spiro atoms. The molecule has 0 radical (unpaired) electrons. The van der Waals surface area contributed by atoms with Gasteiger partial charge in [-0.3, -0.25) is 4.90 Å². The van der Waals surface area contributed by atoms with Gasteiger partial charge in [0.1, 0.15) is 17.4 Å². The van der Waals surface area contributed by atoms with Crippen LogP contribution in [-0.2, 0) is 11.4 Å². The summed E-state index contributed by atoms with van der Waals surface area (Å²) >= 11 is 7.04. The lowest BCUT2D eigenvalue weighted by molar-refractivity contribution is -0.128. The van der Waals surface area contributed by atoms with Gasteiger partial charge in [-0.25, -0.2) is 4.39 Å². The van der Waals surface area contributed by atoms with Gasteiger partial charge in [0.2, 0.25) is 0 Å². The first-order chi connectivity index (χ1) is 17.4. The lowest BCUT2D eigenvalue weighted by Crippen LogP contribution is -2.61. The van der Waals surface area contributed by atoms with Crippen molar-refractivity contribution in [2.75, 3.05) is 32.8 Å². The number of likely N-dealkylation sites (tertiary alicyclic amines) is 2. The number of amidine groups is 1. The highest BCUT2D eigenvalue weighted by molar-refractivity contribution is 6.35. The summed E-state index contributed by atoms with van der Waals surface area (Å²) in [4.78, 5) is 10.8. The Morgan fingerprint density at radius 2 is 1.86 bits per heavy atom. The number of piperidine rings is 1. The van der Waals surface area contributed by atoms with Gasteiger partial charge in [0, 0.05) is 43.9 Å². The predicted octanol–water partition coefficient (Wildman–Crippen LogP) is 6.44. The molecular weight excluding hydrogens is 477 g/mol. The van der Waals surface area contributed by atoms with E-state index in [1.165, 1.54) is 30.5 Å². The van der Waals surface area contributed by atoms with Gasteiger partial charge in [-0.1, -0.05) is 35.8 Å². The van der Waals surface area contributed by atoms with E-state index in [0.29, 0.717) is 17.5 Å². The lowest BCUT2D eigenvalue weighted by atomic mass is 9.88. The fourth-order valence-electron chi connectivity index (χ4n) is 5.98. The first kappa shape index (κ1) is 24.1. The van der Waals surface area contributed by atoms with Crippen molar-refractivity contribution in [1.82, 2.24) is 9.80 Å². The largest absolute Gasteiger partial charge is 0.492 e. The number of benzene rings is 2. The Hall–Kier alpha value is -2.31. The molecule has 2 aromatic carbocycles. The van der Waals surface area contributed by atoms with E-state index in [1.54, 1.807) is 0 Å². The predicted molar refractivity (Wildman–Crippen MR) is 141 cm³/mol. The topological polar surface area (TPSA) is 37.3 Å². The molecule has 3 heterocycles. The van der Waals surface area contributed by atoms with Crippen molar-refractivity contribution < 1.29 is 14.0 Å². The second kappa shape index (κ2) is 9.53. The number of oxime groups is 1. The minimum atomic E-state index is -0.243. The molecule has 6 rings (SSSR count). The average Bonchev–Trinajstić information content (AvgIpc) is 3.60. The fourth-order valence-corrected chi connectivity index (χ4v) is 6.37. The van der Waals surface area contributed by atoms with Crippen LogP contribution in [0.4, 0.5) is 4.39 Å². The molecule has 0 atom stereocenters. The molecule has 2 aromatic rings. The standard InChI is InChI=1S/C29H35ClFN3O2/c1-3-35-28-22(14-24(20-4-5-20)26(27(28)30)21-6-8-23(31)9-7-21)16-33-17-29(18-33)15-25(32-36-29)34-12-10-19(2)11-13-34/h6-9,14,19-20H,3-5,10-13,15-18H2,1-2H3. The Kier molecular flexibility index (Phi) is 6.37. The summed E-state index contributed by atoms with van der Waals surface area (Å²) in [6.07, 6.45) is 5.68. The molecule has 5 nitrogen and oxygen atoms in total. The maximum Gasteiger partial charge on any atom is 0.170 e. The van der Waals surface area contributed by atoms with E-state index in [0.717, 1.165) is 86.2 Å². The van der Waals surface area contributed by atoms with Crippen molar-refractivity contribution in [3.05, 3.63) is 52.3 Å². The Morgan fingerprint density at radius 3 is 2.53 bits per heavy atom. The van der Waals surface area contributed by atoms with E-state index >= 15 is 0 Å². The molecule has 36 heavy (non-hydrogen) atoms. The van der Waals surface area contributed by atoms with E-state index in [1.807, 2.05) is 19.1 Å². The summed E-state index contributed by atoms with van der Waals surface area (Å²) in [5, 5.41) is 5.14. The van der Waals surface area contributed by atoms with Crippen LogP contribution in [0.2, 0.25) is 5.02 Å². The SMILES string of the molecule is CCOc1c(CN2CC3(CC(N4CCC(C)CC4)=NO3)C2)cc(C2CC2)c(-c2ccc(F)cc2)c1Cl. The zero-order valence-electron chi connectivity index (χ0n) is 21.2. The molecule has 7 heteroatoms. The minimum Gasteiger partial charge on any atom is -0.492 e. The second-order valence-corrected chi connectivity index (χ2v) is 11.5. The van der Waals surface area contributed by atoms with Crippen LogP contribution in [0.25, 0.3) is 11.1 Å². The summed E-state index contributed by atoms with van der Waals surface area (Å²) in [5.41, 5.74) is 4.10. The van der Waals surface area contributed by atoms with E-state index in [-0.39, 0.29) is 11.4 Å². The summed E-state index contributed by atoms with van der Waals surface area (Å²) in [7, 11) is 0. The second-order valence-electron chi connectivity index (χ2n) is 11.1. The van der Waals surface area contributed by atoms with Gasteiger partial charge in [-0.15, -0.1) is 0 Å². The number of hydrogen-bond acceptors (Lipinski definition) is 5. The molecule has 1 saturated carbocycles. The van der Waals surface area contributed by atoms with Crippen LogP contribution in [0.15, 0.2) is 35.5 Å². The lowest BCUT2D eigenvalue weighted by Gasteiger charge is -2.45. The fraction of sp³-hybridized carbons (Fsp3) is 0.552. The molecule has 192 valence electrons. The van der Waals surface area contributed by atoms with Crippen LogP contribution in [0, 0.1) is 11.7 Å². The van der Waals surface area contributed by atoms with E-state index in [2.05, 4.69) is 27.9 Å². The molecule has 0 bridgehead atoms. The minimum absolute atomic E-state index is 0.193. The zero-order chi connectivity index (χ0) is 24.9. The zero-order valence-corrected chi connectivity index (χ0v) is 22.0. The monoisotopic (exact) mass is 511 g/mol. The highest BCUT2D eigenvalue weighted by Crippen LogP contribution is 2.51. The van der Waals surface area contributed by atoms with Gasteiger partial charge in [-0.05, 0) is 73.8 Å². The number of nitrogens with zero attached hydrogens (tertiary/aromatic N) is 3. The van der Waals surface area contributed by atoms with Crippen molar-refractivity contribution in [2.45, 2.75) is 64.0 Å². The molecule has 0 unspecified atom stereocenters. The molecule has 3 aliphatic heterocycles. The molecule has 2 saturated heterocycles. The summed E-state index contributed by atoms with van der Waals surface area (Å²) in [6.45, 7) is 9.50. The van der Waals surface area contributed by atoms with Crippen LogP contribution in [0.5, 0.6) is 5.75 Å². The highest BCUT2D eigenvalue weighted by Gasteiger charge is 2.51. The third-order valence-corrected chi connectivity index (χ3v) is 8.52. The molecule has 0 amide bonds. The summed E-state index contributed by atoms with van der Waals surface area (Å²) in [5.74, 6) is 2.93. The van der Waals surface area contributed by atoms with Gasteiger partial charge in [0.25, 0.3) is 0 Å². The molecule has 0 N–H and O–H groups in total. The third-order valence-electron chi connectivity index (χ3n) is 8.16. The highest BCUT2D eigenvalue weighted by atomic mass is 35.5.